The Kier molecular flexibility index (Phi) is 4.54. The number of hydrogen-bond donors (Lipinski definition) is 0. The highest BCUT2D eigenvalue weighted by molar-refractivity contribution is 9.10. The Balaban J connectivity index is 2.45. The Labute approximate surface area is 122 Å². The van der Waals surface area contributed by atoms with Crippen LogP contribution in [-0.2, 0) is 0 Å². The van der Waals surface area contributed by atoms with Crippen molar-refractivity contribution in [3.63, 3.8) is 0 Å². The highest BCUT2D eigenvalue weighted by Gasteiger charge is 2.14. The molecule has 0 unspecified atom stereocenters. The molecule has 0 aliphatic heterocycles. The fourth-order valence-corrected chi connectivity index (χ4v) is 1.80. The summed E-state index contributed by atoms with van der Waals surface area (Å²) in [5.74, 6) is -0.443. The number of rotatable bonds is 4. The van der Waals surface area contributed by atoms with Gasteiger partial charge in [-0.15, -0.1) is 0 Å². The van der Waals surface area contributed by atoms with Crippen LogP contribution in [0.4, 0.5) is 0 Å². The summed E-state index contributed by atoms with van der Waals surface area (Å²) in [6.07, 6.45) is 7.19. The number of allylic oxidation sites excluding steroid dienone is 1. The van der Waals surface area contributed by atoms with Crippen molar-refractivity contribution < 1.29 is 4.79 Å². The summed E-state index contributed by atoms with van der Waals surface area (Å²) in [7, 11) is 0. The zero-order chi connectivity index (χ0) is 14.4. The molecule has 2 heterocycles. The largest absolute Gasteiger partial charge is 0.289 e. The van der Waals surface area contributed by atoms with Crippen LogP contribution >= 0.6 is 15.9 Å². The summed E-state index contributed by atoms with van der Waals surface area (Å²) in [5, 5.41) is 3.42. The summed E-state index contributed by atoms with van der Waals surface area (Å²) in [5.41, 5.74) is 9.29. The first kappa shape index (κ1) is 13.9. The van der Waals surface area contributed by atoms with Gasteiger partial charge in [-0.05, 0) is 39.7 Å². The van der Waals surface area contributed by atoms with Gasteiger partial charge in [0.05, 0.1) is 17.0 Å². The van der Waals surface area contributed by atoms with Crippen LogP contribution in [0, 0.1) is 0 Å². The van der Waals surface area contributed by atoms with Crippen LogP contribution in [0.15, 0.2) is 52.3 Å². The predicted octanol–water partition coefficient (Wildman–Crippen LogP) is 3.17. The van der Waals surface area contributed by atoms with Crippen molar-refractivity contribution in [3.8, 4) is 0 Å². The summed E-state index contributed by atoms with van der Waals surface area (Å²) in [4.78, 5) is 26.6. The van der Waals surface area contributed by atoms with Crippen LogP contribution in [-0.4, -0.2) is 20.7 Å². The second-order valence-electron chi connectivity index (χ2n) is 3.54. The predicted molar refractivity (Wildman–Crippen MR) is 75.4 cm³/mol. The van der Waals surface area contributed by atoms with E-state index < -0.39 is 5.78 Å². The molecule has 20 heavy (non-hydrogen) atoms. The van der Waals surface area contributed by atoms with E-state index in [0.29, 0.717) is 15.7 Å². The molecule has 0 saturated heterocycles. The van der Waals surface area contributed by atoms with Crippen molar-refractivity contribution in [2.45, 2.75) is 0 Å². The summed E-state index contributed by atoms with van der Waals surface area (Å²) in [6.45, 7) is 0. The normalized spacial score (nSPS) is 10.8. The van der Waals surface area contributed by atoms with Gasteiger partial charge in [0.1, 0.15) is 6.33 Å². The highest BCUT2D eigenvalue weighted by Crippen LogP contribution is 2.20. The van der Waals surface area contributed by atoms with Crippen molar-refractivity contribution in [1.82, 2.24) is 15.0 Å². The summed E-state index contributed by atoms with van der Waals surface area (Å²) >= 11 is 3.25. The Bertz CT molecular complexity index is 709. The maximum absolute atomic E-state index is 12.3. The molecule has 7 nitrogen and oxygen atoms in total. The fourth-order valence-electron chi connectivity index (χ4n) is 1.40. The lowest BCUT2D eigenvalue weighted by molar-refractivity contribution is 0.103. The maximum atomic E-state index is 12.3. The molecule has 0 amide bonds. The number of carbonyl (C=O) groups is 1. The second kappa shape index (κ2) is 6.55. The lowest BCUT2D eigenvalue weighted by atomic mass is 10.1. The molecule has 2 aromatic heterocycles. The minimum atomic E-state index is -0.443. The number of halogens is 1. The van der Waals surface area contributed by atoms with Crippen molar-refractivity contribution in [2.75, 3.05) is 0 Å². The quantitative estimate of drug-likeness (QED) is 0.282. The zero-order valence-electron chi connectivity index (χ0n) is 10.0. The van der Waals surface area contributed by atoms with Gasteiger partial charge in [0.15, 0.2) is 5.78 Å². The molecule has 0 aliphatic carbocycles. The number of nitrogens with zero attached hydrogens (tertiary/aromatic N) is 6. The lowest BCUT2D eigenvalue weighted by Crippen LogP contribution is -2.03. The monoisotopic (exact) mass is 330 g/mol. The van der Waals surface area contributed by atoms with Crippen LogP contribution in [0.5, 0.6) is 0 Å². The highest BCUT2D eigenvalue weighted by atomic mass is 79.9. The number of pyridine rings is 1. The Morgan fingerprint density at radius 2 is 2.15 bits per heavy atom. The molecule has 0 saturated carbocycles. The Morgan fingerprint density at radius 3 is 2.80 bits per heavy atom. The molecule has 0 N–H and O–H groups in total. The average molecular weight is 331 g/mol. The van der Waals surface area contributed by atoms with E-state index in [-0.39, 0.29) is 5.70 Å². The number of ketones is 1. The van der Waals surface area contributed by atoms with Gasteiger partial charge in [0.25, 0.3) is 0 Å². The van der Waals surface area contributed by atoms with E-state index in [9.17, 15) is 4.79 Å². The third-order valence-electron chi connectivity index (χ3n) is 2.29. The Hall–Kier alpha value is -2.57. The molecule has 2 rings (SSSR count). The molecule has 0 aromatic carbocycles. The fraction of sp³-hybridized carbons (Fsp3) is 0. The van der Waals surface area contributed by atoms with Gasteiger partial charge >= 0.3 is 0 Å². The number of aromatic nitrogens is 3. The number of Topliss-reactive ketones (excluding diaryl/α,β-unsaturated/α-hetero) is 1. The second-order valence-corrected chi connectivity index (χ2v) is 4.39. The average Bonchev–Trinajstić information content (AvgIpc) is 2.48. The van der Waals surface area contributed by atoms with Crippen molar-refractivity contribution in [2.24, 2.45) is 5.11 Å². The molecule has 98 valence electrons. The van der Waals surface area contributed by atoms with Crippen LogP contribution < -0.4 is 0 Å². The van der Waals surface area contributed by atoms with Crippen molar-refractivity contribution in [1.29, 1.82) is 0 Å². The minimum Gasteiger partial charge on any atom is -0.289 e. The zero-order valence-corrected chi connectivity index (χ0v) is 11.6. The third-order valence-corrected chi connectivity index (χ3v) is 2.98. The van der Waals surface area contributed by atoms with Gasteiger partial charge in [-0.3, -0.25) is 9.78 Å². The molecule has 0 spiro atoms. The number of azide groups is 1. The molecular formula is C12H7BrN6O. The molecule has 0 aliphatic rings. The molecule has 0 fully saturated rings. The molecule has 8 heteroatoms. The van der Waals surface area contributed by atoms with Crippen molar-refractivity contribution in [3.05, 3.63) is 68.9 Å². The van der Waals surface area contributed by atoms with Gasteiger partial charge in [-0.2, -0.15) is 0 Å². The van der Waals surface area contributed by atoms with Gasteiger partial charge < -0.3 is 0 Å². The van der Waals surface area contributed by atoms with Gasteiger partial charge in [0, 0.05) is 28.0 Å². The van der Waals surface area contributed by atoms with Crippen LogP contribution in [0.25, 0.3) is 16.5 Å². The SMILES string of the molecule is [N-]=[N+]=NC(=Cc1ccncn1)C(=O)c1cnccc1Br. The van der Waals surface area contributed by atoms with E-state index in [2.05, 4.69) is 40.9 Å². The third kappa shape index (κ3) is 3.25. The Morgan fingerprint density at radius 1 is 1.35 bits per heavy atom. The van der Waals surface area contributed by atoms with Crippen LogP contribution in [0.1, 0.15) is 16.1 Å². The van der Waals surface area contributed by atoms with E-state index in [1.165, 1.54) is 24.8 Å². The first-order valence-corrected chi connectivity index (χ1v) is 6.18. The maximum Gasteiger partial charge on any atom is 0.198 e. The van der Waals surface area contributed by atoms with Crippen molar-refractivity contribution >= 4 is 27.8 Å². The number of carbonyl (C=O) groups excluding carboxylic acids is 1. The first-order valence-electron chi connectivity index (χ1n) is 5.39. The topological polar surface area (TPSA) is 105 Å². The summed E-state index contributed by atoms with van der Waals surface area (Å²) in [6, 6.07) is 3.23. The van der Waals surface area contributed by atoms with E-state index in [1.54, 1.807) is 18.3 Å². The van der Waals surface area contributed by atoms with E-state index in [0.717, 1.165) is 0 Å². The molecule has 2 aromatic rings. The van der Waals surface area contributed by atoms with Crippen LogP contribution in [0.2, 0.25) is 0 Å². The molecular weight excluding hydrogens is 324 g/mol. The molecule has 0 bridgehead atoms. The lowest BCUT2D eigenvalue weighted by Gasteiger charge is -2.02. The van der Waals surface area contributed by atoms with E-state index in [4.69, 9.17) is 5.53 Å². The van der Waals surface area contributed by atoms with Crippen LogP contribution in [0.3, 0.4) is 0 Å². The molecule has 0 radical (unpaired) electrons. The van der Waals surface area contributed by atoms with Gasteiger partial charge in [0.2, 0.25) is 0 Å². The molecule has 0 atom stereocenters. The van der Waals surface area contributed by atoms with Gasteiger partial charge in [-0.25, -0.2) is 9.97 Å². The standard InChI is InChI=1S/C12H7BrN6O/c13-10-2-4-15-6-9(10)12(20)11(18-19-14)5-8-1-3-16-7-17-8/h1-7H. The van der Waals surface area contributed by atoms with E-state index in [1.807, 2.05) is 0 Å². The number of hydrogen-bond acceptors (Lipinski definition) is 5. The first-order chi connectivity index (χ1) is 9.72. The van der Waals surface area contributed by atoms with Gasteiger partial charge in [-0.1, -0.05) is 5.11 Å². The van der Waals surface area contributed by atoms with E-state index >= 15 is 0 Å². The minimum absolute atomic E-state index is 0.0695. The summed E-state index contributed by atoms with van der Waals surface area (Å²) < 4.78 is 0.569. The smallest absolute Gasteiger partial charge is 0.198 e.